The third kappa shape index (κ3) is 6.28. The van der Waals surface area contributed by atoms with E-state index >= 15 is 0 Å². The summed E-state index contributed by atoms with van der Waals surface area (Å²) in [6.07, 6.45) is 6.25. The van der Waals surface area contributed by atoms with Gasteiger partial charge in [-0.25, -0.2) is 3.89 Å². The van der Waals surface area contributed by atoms with E-state index in [2.05, 4.69) is 0 Å². The summed E-state index contributed by atoms with van der Waals surface area (Å²) in [5.41, 5.74) is 0. The molecule has 0 aliphatic carbocycles. The molecule has 0 N–H and O–H groups in total. The van der Waals surface area contributed by atoms with Crippen LogP contribution in [-0.4, -0.2) is 24.5 Å². The Kier molecular flexibility index (Phi) is 1.97. The summed E-state index contributed by atoms with van der Waals surface area (Å²) in [5.74, 6) is 0.769. The van der Waals surface area contributed by atoms with Crippen LogP contribution in [0.1, 0.15) is 13.3 Å². The van der Waals surface area contributed by atoms with Crippen LogP contribution in [0.5, 0.6) is 0 Å². The molecule has 0 spiro atoms. The van der Waals surface area contributed by atoms with Gasteiger partial charge in [0.05, 0.1) is 0 Å². The molecule has 0 radical (unpaired) electrons. The molecule has 0 aromatic heterocycles. The predicted octanol–water partition coefficient (Wildman–Crippen LogP) is 2.24. The molecule has 0 saturated carbocycles. The topological polar surface area (TPSA) is 0 Å². The van der Waals surface area contributed by atoms with Crippen LogP contribution in [0.25, 0.3) is 0 Å². The lowest BCUT2D eigenvalue weighted by molar-refractivity contribution is 0.863. The minimum absolute atomic E-state index is 0.769. The molecule has 0 bridgehead atoms. The zero-order valence-electron chi connectivity index (χ0n) is 6.24. The third-order valence-corrected chi connectivity index (χ3v) is 2.94. The summed E-state index contributed by atoms with van der Waals surface area (Å²) in [6, 6.07) is 0. The Hall–Kier alpha value is 0.280. The average molecular weight is 140 g/mol. The Labute approximate surface area is 52.1 Å². The molecule has 54 valence electrons. The van der Waals surface area contributed by atoms with Crippen LogP contribution in [0.15, 0.2) is 0 Å². The van der Waals surface area contributed by atoms with Gasteiger partial charge in [-0.1, -0.05) is 6.92 Å². The van der Waals surface area contributed by atoms with Crippen LogP contribution in [-0.2, 0) is 0 Å². The second kappa shape index (κ2) is 1.90. The van der Waals surface area contributed by atoms with E-state index in [1.165, 1.54) is 0 Å². The molecular weight excluding hydrogens is 123 g/mol. The molecule has 0 atom stereocenters. The van der Waals surface area contributed by atoms with Crippen molar-refractivity contribution in [3.05, 3.63) is 0 Å². The number of hydrogen-bond acceptors (Lipinski definition) is 0. The zero-order valence-corrected chi connectivity index (χ0v) is 7.13. The molecule has 8 heavy (non-hydrogen) atoms. The molecule has 0 aromatic carbocycles. The van der Waals surface area contributed by atoms with Gasteiger partial charge in [0.2, 0.25) is 0 Å². The SMILES string of the molecule is CCC[SH](C)(C)(C)F. The monoisotopic (exact) mass is 140 g/mol. The van der Waals surface area contributed by atoms with Gasteiger partial charge in [0.15, 0.2) is 0 Å². The quantitative estimate of drug-likeness (QED) is 0.559. The van der Waals surface area contributed by atoms with Gasteiger partial charge in [-0.05, 0) is 30.9 Å². The summed E-state index contributed by atoms with van der Waals surface area (Å²) in [4.78, 5) is 0. The predicted molar refractivity (Wildman–Crippen MR) is 43.0 cm³/mol. The van der Waals surface area contributed by atoms with Crippen molar-refractivity contribution in [3.63, 3.8) is 0 Å². The number of rotatable bonds is 2. The van der Waals surface area contributed by atoms with Gasteiger partial charge in [0, 0.05) is 0 Å². The maximum Gasteiger partial charge on any atom is -0.0148 e. The van der Waals surface area contributed by atoms with Crippen LogP contribution in [0.3, 0.4) is 0 Å². The Morgan fingerprint density at radius 3 is 1.62 bits per heavy atom. The maximum absolute atomic E-state index is 13.2. The highest BCUT2D eigenvalue weighted by Gasteiger charge is 2.20. The third-order valence-electron chi connectivity index (χ3n) is 0.979. The van der Waals surface area contributed by atoms with E-state index < -0.39 is 9.55 Å². The van der Waals surface area contributed by atoms with E-state index in [-0.39, 0.29) is 0 Å². The number of hydrogen-bond donors (Lipinski definition) is 1. The van der Waals surface area contributed by atoms with Crippen molar-refractivity contribution in [3.8, 4) is 0 Å². The van der Waals surface area contributed by atoms with Gasteiger partial charge >= 0.3 is 0 Å². The summed E-state index contributed by atoms with van der Waals surface area (Å²) < 4.78 is 13.2. The molecule has 0 aliphatic rings. The molecule has 0 nitrogen and oxygen atoms in total. The highest BCUT2D eigenvalue weighted by molar-refractivity contribution is 8.44. The van der Waals surface area contributed by atoms with Crippen molar-refractivity contribution < 1.29 is 3.89 Å². The number of thiol groups is 1. The normalized spacial score (nSPS) is 17.4. The van der Waals surface area contributed by atoms with E-state index in [4.69, 9.17) is 0 Å². The Morgan fingerprint density at radius 1 is 1.25 bits per heavy atom. The van der Waals surface area contributed by atoms with Gasteiger partial charge in [0.1, 0.15) is 0 Å². The lowest BCUT2D eigenvalue weighted by atomic mass is 10.6. The molecule has 2 heteroatoms. The van der Waals surface area contributed by atoms with Crippen molar-refractivity contribution >= 4 is 9.55 Å². The molecule has 0 amide bonds. The Balaban J connectivity index is 3.73. The van der Waals surface area contributed by atoms with Crippen LogP contribution in [0.4, 0.5) is 3.89 Å². The van der Waals surface area contributed by atoms with E-state index in [1.54, 1.807) is 18.8 Å². The second-order valence-electron chi connectivity index (χ2n) is 3.64. The number of halogens is 1. The van der Waals surface area contributed by atoms with E-state index in [9.17, 15) is 3.89 Å². The van der Waals surface area contributed by atoms with Gasteiger partial charge < -0.3 is 0 Å². The van der Waals surface area contributed by atoms with Gasteiger partial charge in [-0.15, -0.1) is 0 Å². The minimum atomic E-state index is -2.60. The summed E-state index contributed by atoms with van der Waals surface area (Å²) in [7, 11) is -2.60. The fraction of sp³-hybridized carbons (Fsp3) is 1.00. The van der Waals surface area contributed by atoms with Crippen LogP contribution in [0, 0.1) is 0 Å². The first-order valence-electron chi connectivity index (χ1n) is 3.03. The van der Waals surface area contributed by atoms with Crippen LogP contribution in [0.2, 0.25) is 0 Å². The summed E-state index contributed by atoms with van der Waals surface area (Å²) >= 11 is 0. The molecule has 0 saturated heterocycles. The van der Waals surface area contributed by atoms with Crippen molar-refractivity contribution in [1.82, 2.24) is 0 Å². The largest absolute Gasteiger partial charge is 0.210 e. The highest BCUT2D eigenvalue weighted by Crippen LogP contribution is 2.61. The summed E-state index contributed by atoms with van der Waals surface area (Å²) in [6.45, 7) is 2.03. The molecule has 0 aliphatic heterocycles. The standard InChI is InChI=1S/C6H17FS/c1-5-6-8(2,3,4)7/h8H,5-6H2,1-4H3. The van der Waals surface area contributed by atoms with Crippen molar-refractivity contribution in [2.75, 3.05) is 24.5 Å². The first-order valence-corrected chi connectivity index (χ1v) is 6.69. The Morgan fingerprint density at radius 2 is 1.62 bits per heavy atom. The maximum atomic E-state index is 13.2. The van der Waals surface area contributed by atoms with Crippen molar-refractivity contribution in [2.24, 2.45) is 0 Å². The van der Waals surface area contributed by atoms with E-state index in [0.717, 1.165) is 12.2 Å². The molecule has 0 aromatic rings. The van der Waals surface area contributed by atoms with Gasteiger partial charge in [-0.3, -0.25) is 0 Å². The minimum Gasteiger partial charge on any atom is -0.210 e. The van der Waals surface area contributed by atoms with Gasteiger partial charge in [0.25, 0.3) is 0 Å². The Bertz CT molecular complexity index is 71.0. The summed E-state index contributed by atoms with van der Waals surface area (Å²) in [5, 5.41) is 0. The molecule has 0 heterocycles. The second-order valence-corrected chi connectivity index (χ2v) is 9.92. The zero-order chi connectivity index (χ0) is 6.86. The smallest absolute Gasteiger partial charge is 0.0148 e. The highest BCUT2D eigenvalue weighted by atomic mass is 32.3. The van der Waals surface area contributed by atoms with Crippen molar-refractivity contribution in [2.45, 2.75) is 13.3 Å². The lowest BCUT2D eigenvalue weighted by Crippen LogP contribution is -2.09. The molecule has 0 fully saturated rings. The van der Waals surface area contributed by atoms with Crippen LogP contribution < -0.4 is 0 Å². The van der Waals surface area contributed by atoms with E-state index in [1.807, 2.05) is 6.92 Å². The van der Waals surface area contributed by atoms with Gasteiger partial charge in [-0.2, -0.15) is 9.55 Å². The fourth-order valence-corrected chi connectivity index (χ4v) is 2.27. The van der Waals surface area contributed by atoms with Crippen molar-refractivity contribution in [1.29, 1.82) is 0 Å². The lowest BCUT2D eigenvalue weighted by Gasteiger charge is -2.41. The molecule has 0 unspecified atom stereocenters. The van der Waals surface area contributed by atoms with E-state index in [0.29, 0.717) is 0 Å². The average Bonchev–Trinajstić information content (AvgIpc) is 1.25. The first-order chi connectivity index (χ1) is 3.31. The fourth-order valence-electron chi connectivity index (χ4n) is 0.755. The van der Waals surface area contributed by atoms with Crippen LogP contribution >= 0.6 is 9.55 Å². The molecule has 0 rings (SSSR count). The molecular formula is C6H17FS. The first kappa shape index (κ1) is 8.28.